The second kappa shape index (κ2) is 11.5. The van der Waals surface area contributed by atoms with Crippen LogP contribution in [-0.2, 0) is 4.79 Å². The molecule has 27 heavy (non-hydrogen) atoms. The highest BCUT2D eigenvalue weighted by atomic mass is 16.6. The van der Waals surface area contributed by atoms with E-state index in [0.29, 0.717) is 5.56 Å². The summed E-state index contributed by atoms with van der Waals surface area (Å²) in [6.07, 6.45) is 17.1. The first-order valence-corrected chi connectivity index (χ1v) is 10.0. The molecule has 6 heteroatoms. The molecule has 2 N–H and O–H groups in total. The number of quaternary nitrogens is 1. The fraction of sp³-hybridized carbons (Fsp3) is 0.571. The number of hydrogen-bond acceptors (Lipinski definition) is 4. The van der Waals surface area contributed by atoms with Crippen molar-refractivity contribution in [2.75, 3.05) is 0 Å². The van der Waals surface area contributed by atoms with Crippen molar-refractivity contribution >= 4 is 17.7 Å². The van der Waals surface area contributed by atoms with E-state index in [1.165, 1.54) is 94.5 Å². The predicted molar refractivity (Wildman–Crippen MR) is 103 cm³/mol. The molecule has 2 fully saturated rings. The SMILES string of the molecule is C1CCC([NH2+]C2CCCCC2)CC1.O=C([O-])/C=C/c1ccc([N+](=O)[O-])cc1. The number of carbonyl (C=O) groups excluding carboxylic acids is 1. The largest absolute Gasteiger partial charge is 0.545 e. The number of nitrogens with two attached hydrogens (primary N) is 1. The van der Waals surface area contributed by atoms with Gasteiger partial charge in [0.1, 0.15) is 0 Å². The summed E-state index contributed by atoms with van der Waals surface area (Å²) in [5, 5.41) is 23.0. The highest BCUT2D eigenvalue weighted by Crippen LogP contribution is 2.18. The summed E-state index contributed by atoms with van der Waals surface area (Å²) in [5.41, 5.74) is 0.537. The Morgan fingerprint density at radius 2 is 1.41 bits per heavy atom. The molecular formula is C21H30N2O4. The smallest absolute Gasteiger partial charge is 0.269 e. The lowest BCUT2D eigenvalue weighted by molar-refractivity contribution is -0.725. The first-order chi connectivity index (χ1) is 13.0. The number of carbonyl (C=O) groups is 1. The Morgan fingerprint density at radius 1 is 0.926 bits per heavy atom. The Balaban J connectivity index is 0.000000194. The Labute approximate surface area is 160 Å². The number of aliphatic carboxylic acids is 1. The van der Waals surface area contributed by atoms with Crippen LogP contribution in [0, 0.1) is 10.1 Å². The molecule has 0 aromatic heterocycles. The molecule has 2 saturated carbocycles. The summed E-state index contributed by atoms with van der Waals surface area (Å²) in [4.78, 5) is 19.8. The minimum Gasteiger partial charge on any atom is -0.545 e. The third kappa shape index (κ3) is 8.35. The van der Waals surface area contributed by atoms with E-state index < -0.39 is 10.9 Å². The molecule has 148 valence electrons. The van der Waals surface area contributed by atoms with Gasteiger partial charge in [0.25, 0.3) is 5.69 Å². The second-order valence-corrected chi connectivity index (χ2v) is 7.49. The highest BCUT2D eigenvalue weighted by Gasteiger charge is 2.22. The first kappa shape index (κ1) is 21.1. The summed E-state index contributed by atoms with van der Waals surface area (Å²) < 4.78 is 0. The molecule has 0 aliphatic heterocycles. The lowest BCUT2D eigenvalue weighted by atomic mass is 9.91. The number of non-ortho nitro benzene ring substituents is 1. The van der Waals surface area contributed by atoms with Gasteiger partial charge in [0.05, 0.1) is 23.0 Å². The summed E-state index contributed by atoms with van der Waals surface area (Å²) in [5.74, 6) is -1.30. The quantitative estimate of drug-likeness (QED) is 0.486. The van der Waals surface area contributed by atoms with Gasteiger partial charge >= 0.3 is 0 Å². The van der Waals surface area contributed by atoms with Crippen molar-refractivity contribution in [1.82, 2.24) is 0 Å². The van der Waals surface area contributed by atoms with Crippen LogP contribution in [0.5, 0.6) is 0 Å². The lowest BCUT2D eigenvalue weighted by Crippen LogP contribution is -2.95. The van der Waals surface area contributed by atoms with E-state index in [9.17, 15) is 20.0 Å². The van der Waals surface area contributed by atoms with Crippen molar-refractivity contribution in [3.05, 3.63) is 46.0 Å². The van der Waals surface area contributed by atoms with Crippen LogP contribution in [0.25, 0.3) is 6.08 Å². The summed E-state index contributed by atoms with van der Waals surface area (Å²) in [6, 6.07) is 7.51. The molecule has 1 aromatic rings. The minimum absolute atomic E-state index is 0.0319. The fourth-order valence-corrected chi connectivity index (χ4v) is 3.91. The van der Waals surface area contributed by atoms with Gasteiger partial charge in [0.15, 0.2) is 0 Å². The molecule has 0 saturated heterocycles. The summed E-state index contributed by atoms with van der Waals surface area (Å²) in [7, 11) is 0. The molecule has 0 amide bonds. The zero-order chi connectivity index (χ0) is 19.5. The van der Waals surface area contributed by atoms with Crippen molar-refractivity contribution in [3.8, 4) is 0 Å². The normalized spacial score (nSPS) is 18.7. The highest BCUT2D eigenvalue weighted by molar-refractivity contribution is 5.83. The molecule has 6 nitrogen and oxygen atoms in total. The molecule has 0 radical (unpaired) electrons. The van der Waals surface area contributed by atoms with Crippen LogP contribution in [0.2, 0.25) is 0 Å². The van der Waals surface area contributed by atoms with E-state index in [1.54, 1.807) is 0 Å². The van der Waals surface area contributed by atoms with Gasteiger partial charge in [-0.3, -0.25) is 10.1 Å². The fourth-order valence-electron chi connectivity index (χ4n) is 3.91. The van der Waals surface area contributed by atoms with E-state index in [1.807, 2.05) is 0 Å². The van der Waals surface area contributed by atoms with Crippen molar-refractivity contribution in [2.45, 2.75) is 76.3 Å². The third-order valence-electron chi connectivity index (χ3n) is 5.36. The molecule has 0 spiro atoms. The zero-order valence-electron chi connectivity index (χ0n) is 15.8. The van der Waals surface area contributed by atoms with Crippen LogP contribution in [0.3, 0.4) is 0 Å². The van der Waals surface area contributed by atoms with E-state index in [0.717, 1.165) is 18.2 Å². The average Bonchev–Trinajstić information content (AvgIpc) is 2.69. The maximum absolute atomic E-state index is 10.3. The minimum atomic E-state index is -1.30. The molecular weight excluding hydrogens is 344 g/mol. The Bertz CT molecular complexity index is 600. The Kier molecular flexibility index (Phi) is 8.98. The topological polar surface area (TPSA) is 99.9 Å². The van der Waals surface area contributed by atoms with Gasteiger partial charge in [0.2, 0.25) is 0 Å². The van der Waals surface area contributed by atoms with Crippen molar-refractivity contribution in [2.24, 2.45) is 0 Å². The van der Waals surface area contributed by atoms with Crippen molar-refractivity contribution in [3.63, 3.8) is 0 Å². The van der Waals surface area contributed by atoms with Crippen LogP contribution in [0.1, 0.15) is 69.8 Å². The number of nitro groups is 1. The average molecular weight is 374 g/mol. The monoisotopic (exact) mass is 374 g/mol. The first-order valence-electron chi connectivity index (χ1n) is 10.0. The second-order valence-electron chi connectivity index (χ2n) is 7.49. The standard InChI is InChI=1S/C12H23N.C9H7NO4/c1-3-7-11(8-4-1)13-12-9-5-2-6-10-12;11-9(12)6-3-7-1-4-8(5-2-7)10(13)14/h11-13H,1-10H2;1-6H,(H,11,12)/b;6-3+. The molecule has 0 heterocycles. The van der Waals surface area contributed by atoms with E-state index >= 15 is 0 Å². The Morgan fingerprint density at radius 3 is 1.81 bits per heavy atom. The number of nitrogens with zero attached hydrogens (tertiary/aromatic N) is 1. The van der Waals surface area contributed by atoms with Crippen LogP contribution in [0.4, 0.5) is 5.69 Å². The van der Waals surface area contributed by atoms with E-state index in [4.69, 9.17) is 0 Å². The number of nitro benzene ring substituents is 1. The molecule has 3 rings (SSSR count). The molecule has 0 unspecified atom stereocenters. The molecule has 0 atom stereocenters. The molecule has 0 bridgehead atoms. The lowest BCUT2D eigenvalue weighted by Gasteiger charge is -2.27. The van der Waals surface area contributed by atoms with Crippen molar-refractivity contribution in [1.29, 1.82) is 0 Å². The van der Waals surface area contributed by atoms with Crippen molar-refractivity contribution < 1.29 is 20.1 Å². The van der Waals surface area contributed by atoms with E-state index in [2.05, 4.69) is 5.32 Å². The number of rotatable bonds is 5. The van der Waals surface area contributed by atoms with Gasteiger partial charge in [0, 0.05) is 12.1 Å². The third-order valence-corrected chi connectivity index (χ3v) is 5.36. The summed E-state index contributed by atoms with van der Waals surface area (Å²) in [6.45, 7) is 0. The predicted octanol–water partition coefficient (Wildman–Crippen LogP) is 2.57. The van der Waals surface area contributed by atoms with E-state index in [-0.39, 0.29) is 5.69 Å². The van der Waals surface area contributed by atoms with Crippen LogP contribution < -0.4 is 10.4 Å². The van der Waals surface area contributed by atoms with Gasteiger partial charge < -0.3 is 15.2 Å². The molecule has 1 aromatic carbocycles. The maximum atomic E-state index is 10.3. The maximum Gasteiger partial charge on any atom is 0.269 e. The number of hydrogen-bond donors (Lipinski definition) is 1. The van der Waals surface area contributed by atoms with Gasteiger partial charge in [-0.1, -0.05) is 18.9 Å². The van der Waals surface area contributed by atoms with Gasteiger partial charge in [-0.25, -0.2) is 0 Å². The van der Waals surface area contributed by atoms with Gasteiger partial charge in [-0.05, 0) is 75.1 Å². The summed E-state index contributed by atoms with van der Waals surface area (Å²) >= 11 is 0. The van der Waals surface area contributed by atoms with Gasteiger partial charge in [-0.2, -0.15) is 0 Å². The van der Waals surface area contributed by atoms with Crippen LogP contribution in [0.15, 0.2) is 30.3 Å². The number of carboxylic acid groups (broad SMARTS) is 1. The van der Waals surface area contributed by atoms with Crippen LogP contribution in [-0.4, -0.2) is 23.0 Å². The number of benzene rings is 1. The van der Waals surface area contributed by atoms with Crippen LogP contribution >= 0.6 is 0 Å². The zero-order valence-corrected chi connectivity index (χ0v) is 15.8. The molecule has 2 aliphatic rings. The molecule has 2 aliphatic carbocycles. The number of carboxylic acids is 1. The Hall–Kier alpha value is -2.21. The van der Waals surface area contributed by atoms with Gasteiger partial charge in [-0.15, -0.1) is 0 Å².